The summed E-state index contributed by atoms with van der Waals surface area (Å²) in [5.74, 6) is 0.184. The summed E-state index contributed by atoms with van der Waals surface area (Å²) in [5.41, 5.74) is 0. The number of unbranched alkanes of at least 4 members (excludes halogenated alkanes) is 9. The fourth-order valence-electron chi connectivity index (χ4n) is 2.47. The first-order valence-electron chi connectivity index (χ1n) is 8.99. The van der Waals surface area contributed by atoms with Crippen LogP contribution in [0.3, 0.4) is 0 Å². The molecular formula is C19H36O2. The highest BCUT2D eigenvalue weighted by Crippen LogP contribution is 2.12. The molecule has 0 rings (SSSR count). The number of carboxylic acids is 1. The fraction of sp³-hybridized carbons (Fsp3) is 0.842. The Morgan fingerprint density at radius 1 is 0.810 bits per heavy atom. The highest BCUT2D eigenvalue weighted by molar-refractivity contribution is 5.66. The Hall–Kier alpha value is -0.790. The molecular weight excluding hydrogens is 260 g/mol. The lowest BCUT2D eigenvalue weighted by atomic mass is 10.0. The third-order valence-electron chi connectivity index (χ3n) is 3.83. The minimum Gasteiger partial charge on any atom is -0.481 e. The number of rotatable bonds is 15. The van der Waals surface area contributed by atoms with Gasteiger partial charge in [0, 0.05) is 6.42 Å². The van der Waals surface area contributed by atoms with Gasteiger partial charge in [-0.3, -0.25) is 4.79 Å². The van der Waals surface area contributed by atoms with Gasteiger partial charge < -0.3 is 5.11 Å². The lowest BCUT2D eigenvalue weighted by Crippen LogP contribution is -1.92. The molecule has 0 spiro atoms. The number of hydrogen-bond donors (Lipinski definition) is 1. The Morgan fingerprint density at radius 3 is 1.81 bits per heavy atom. The maximum absolute atomic E-state index is 10.3. The quantitative estimate of drug-likeness (QED) is 0.282. The number of hydrogen-bond acceptors (Lipinski definition) is 1. The number of carbonyl (C=O) groups is 1. The predicted octanol–water partition coefficient (Wildman–Crippen LogP) is 6.35. The first-order chi connectivity index (χ1) is 10.1. The molecule has 2 nitrogen and oxygen atoms in total. The van der Waals surface area contributed by atoms with Gasteiger partial charge in [0.25, 0.3) is 0 Å². The molecule has 0 saturated carbocycles. The SMILES string of the molecule is CC(C)CCCCCCCCC/C=C/CCCCC(=O)O. The molecule has 124 valence electrons. The normalized spacial score (nSPS) is 11.6. The van der Waals surface area contributed by atoms with Gasteiger partial charge in [0.05, 0.1) is 0 Å². The van der Waals surface area contributed by atoms with Crippen LogP contribution in [0, 0.1) is 5.92 Å². The first kappa shape index (κ1) is 20.2. The Balaban J connectivity index is 3.09. The Kier molecular flexibility index (Phi) is 15.0. The number of aliphatic carboxylic acids is 1. The van der Waals surface area contributed by atoms with Crippen LogP contribution < -0.4 is 0 Å². The zero-order valence-electron chi connectivity index (χ0n) is 14.3. The predicted molar refractivity (Wildman–Crippen MR) is 91.6 cm³/mol. The molecule has 0 aromatic rings. The van der Waals surface area contributed by atoms with Gasteiger partial charge in [-0.05, 0) is 38.0 Å². The molecule has 0 atom stereocenters. The monoisotopic (exact) mass is 296 g/mol. The van der Waals surface area contributed by atoms with E-state index < -0.39 is 5.97 Å². The average molecular weight is 296 g/mol. The maximum atomic E-state index is 10.3. The van der Waals surface area contributed by atoms with Gasteiger partial charge in [-0.1, -0.05) is 70.9 Å². The van der Waals surface area contributed by atoms with Crippen LogP contribution in [0.25, 0.3) is 0 Å². The Morgan fingerprint density at radius 2 is 1.29 bits per heavy atom. The number of carboxylic acid groups (broad SMARTS) is 1. The molecule has 21 heavy (non-hydrogen) atoms. The van der Waals surface area contributed by atoms with Crippen LogP contribution in [-0.4, -0.2) is 11.1 Å². The van der Waals surface area contributed by atoms with E-state index in [0.29, 0.717) is 6.42 Å². The van der Waals surface area contributed by atoms with E-state index in [1.807, 2.05) is 0 Å². The van der Waals surface area contributed by atoms with Crippen LogP contribution in [0.5, 0.6) is 0 Å². The van der Waals surface area contributed by atoms with E-state index in [0.717, 1.165) is 25.2 Å². The lowest BCUT2D eigenvalue weighted by Gasteiger charge is -2.04. The van der Waals surface area contributed by atoms with Crippen molar-refractivity contribution in [3.05, 3.63) is 12.2 Å². The molecule has 0 saturated heterocycles. The standard InChI is InChI=1S/C19H36O2/c1-18(2)16-14-12-10-8-6-4-3-5-7-9-11-13-15-17-19(20)21/h7,9,18H,3-6,8,10-17H2,1-2H3,(H,20,21)/b9-7+. The highest BCUT2D eigenvalue weighted by atomic mass is 16.4. The van der Waals surface area contributed by atoms with Gasteiger partial charge in [-0.2, -0.15) is 0 Å². The summed E-state index contributed by atoms with van der Waals surface area (Å²) in [6.45, 7) is 4.61. The van der Waals surface area contributed by atoms with Crippen molar-refractivity contribution in [3.8, 4) is 0 Å². The summed E-state index contributed by atoms with van der Waals surface area (Å²) in [5, 5.41) is 8.51. The summed E-state index contributed by atoms with van der Waals surface area (Å²) in [4.78, 5) is 10.3. The largest absolute Gasteiger partial charge is 0.481 e. The van der Waals surface area contributed by atoms with Gasteiger partial charge in [-0.15, -0.1) is 0 Å². The van der Waals surface area contributed by atoms with E-state index in [-0.39, 0.29) is 0 Å². The van der Waals surface area contributed by atoms with E-state index in [4.69, 9.17) is 5.11 Å². The molecule has 0 fully saturated rings. The van der Waals surface area contributed by atoms with Crippen molar-refractivity contribution in [3.63, 3.8) is 0 Å². The third kappa shape index (κ3) is 19.2. The van der Waals surface area contributed by atoms with Crippen molar-refractivity contribution < 1.29 is 9.90 Å². The maximum Gasteiger partial charge on any atom is 0.303 e. The summed E-state index contributed by atoms with van der Waals surface area (Å²) < 4.78 is 0. The second-order valence-electron chi connectivity index (χ2n) is 6.56. The minimum absolute atomic E-state index is 0.311. The van der Waals surface area contributed by atoms with Crippen molar-refractivity contribution in [2.24, 2.45) is 5.92 Å². The molecule has 0 heterocycles. The van der Waals surface area contributed by atoms with Crippen molar-refractivity contribution in [1.29, 1.82) is 0 Å². The van der Waals surface area contributed by atoms with Crippen molar-refractivity contribution in [2.45, 2.75) is 97.3 Å². The van der Waals surface area contributed by atoms with Crippen molar-refractivity contribution in [1.82, 2.24) is 0 Å². The average Bonchev–Trinajstić information content (AvgIpc) is 2.42. The van der Waals surface area contributed by atoms with Gasteiger partial charge in [0.15, 0.2) is 0 Å². The molecule has 0 amide bonds. The van der Waals surface area contributed by atoms with Crippen LogP contribution >= 0.6 is 0 Å². The molecule has 0 aliphatic rings. The fourth-order valence-corrected chi connectivity index (χ4v) is 2.47. The topological polar surface area (TPSA) is 37.3 Å². The Labute approximate surface area is 132 Å². The zero-order chi connectivity index (χ0) is 15.8. The second kappa shape index (κ2) is 15.6. The van der Waals surface area contributed by atoms with E-state index >= 15 is 0 Å². The first-order valence-corrected chi connectivity index (χ1v) is 8.99. The number of allylic oxidation sites excluding steroid dienone is 2. The molecule has 0 unspecified atom stereocenters. The van der Waals surface area contributed by atoms with Gasteiger partial charge in [0.1, 0.15) is 0 Å². The molecule has 0 bridgehead atoms. The summed E-state index contributed by atoms with van der Waals surface area (Å²) in [6.07, 6.45) is 19.9. The second-order valence-corrected chi connectivity index (χ2v) is 6.56. The molecule has 1 N–H and O–H groups in total. The molecule has 0 aromatic heterocycles. The van der Waals surface area contributed by atoms with Crippen molar-refractivity contribution in [2.75, 3.05) is 0 Å². The molecule has 0 radical (unpaired) electrons. The van der Waals surface area contributed by atoms with Gasteiger partial charge in [0.2, 0.25) is 0 Å². The summed E-state index contributed by atoms with van der Waals surface area (Å²) >= 11 is 0. The molecule has 0 aliphatic heterocycles. The summed E-state index contributed by atoms with van der Waals surface area (Å²) in [6, 6.07) is 0. The zero-order valence-corrected chi connectivity index (χ0v) is 14.3. The van der Waals surface area contributed by atoms with Crippen LogP contribution in [-0.2, 0) is 4.79 Å². The van der Waals surface area contributed by atoms with E-state index in [2.05, 4.69) is 26.0 Å². The molecule has 0 aromatic carbocycles. The van der Waals surface area contributed by atoms with E-state index in [9.17, 15) is 4.79 Å². The minimum atomic E-state index is -0.678. The molecule has 0 aliphatic carbocycles. The highest BCUT2D eigenvalue weighted by Gasteiger charge is 1.95. The van der Waals surface area contributed by atoms with Gasteiger partial charge >= 0.3 is 5.97 Å². The van der Waals surface area contributed by atoms with Crippen LogP contribution in [0.1, 0.15) is 97.3 Å². The molecule has 2 heteroatoms. The Bertz CT molecular complexity index is 256. The van der Waals surface area contributed by atoms with Crippen LogP contribution in [0.4, 0.5) is 0 Å². The van der Waals surface area contributed by atoms with Crippen LogP contribution in [0.15, 0.2) is 12.2 Å². The third-order valence-corrected chi connectivity index (χ3v) is 3.83. The lowest BCUT2D eigenvalue weighted by molar-refractivity contribution is -0.137. The van der Waals surface area contributed by atoms with E-state index in [1.165, 1.54) is 57.8 Å². The van der Waals surface area contributed by atoms with E-state index in [1.54, 1.807) is 0 Å². The van der Waals surface area contributed by atoms with Crippen LogP contribution in [0.2, 0.25) is 0 Å². The van der Waals surface area contributed by atoms with Crippen molar-refractivity contribution >= 4 is 5.97 Å². The van der Waals surface area contributed by atoms with Gasteiger partial charge in [-0.25, -0.2) is 0 Å². The smallest absolute Gasteiger partial charge is 0.303 e. The summed E-state index contributed by atoms with van der Waals surface area (Å²) in [7, 11) is 0.